The molecule has 1 fully saturated rings. The topological polar surface area (TPSA) is 17.1 Å². The molecule has 1 aliphatic rings. The van der Waals surface area contributed by atoms with Crippen molar-refractivity contribution < 1.29 is 4.79 Å². The van der Waals surface area contributed by atoms with E-state index in [-0.39, 0.29) is 5.41 Å². The molecule has 0 N–H and O–H groups in total. The fraction of sp³-hybridized carbons (Fsp3) is 0.588. The summed E-state index contributed by atoms with van der Waals surface area (Å²) in [5.41, 5.74) is 1.11. The van der Waals surface area contributed by atoms with Crippen LogP contribution in [-0.4, -0.2) is 5.78 Å². The number of carbonyl (C=O) groups is 1. The third-order valence-electron chi connectivity index (χ3n) is 4.32. The number of unbranched alkanes of at least 4 members (excludes halogenated alkanes) is 2. The maximum absolute atomic E-state index is 12.6. The summed E-state index contributed by atoms with van der Waals surface area (Å²) in [6.07, 6.45) is 8.71. The van der Waals surface area contributed by atoms with Crippen LogP contribution in [0.5, 0.6) is 0 Å². The fourth-order valence-corrected chi connectivity index (χ4v) is 3.24. The lowest BCUT2D eigenvalue weighted by Gasteiger charge is -2.28. The first-order chi connectivity index (χ1) is 8.79. The summed E-state index contributed by atoms with van der Waals surface area (Å²) in [4.78, 5) is 12.6. The van der Waals surface area contributed by atoms with E-state index in [1.165, 1.54) is 31.2 Å². The van der Waals surface area contributed by atoms with Gasteiger partial charge in [-0.25, -0.2) is 0 Å². The molecule has 18 heavy (non-hydrogen) atoms. The highest BCUT2D eigenvalue weighted by molar-refractivity contribution is 5.90. The van der Waals surface area contributed by atoms with Crippen LogP contribution in [0, 0.1) is 0 Å². The Labute approximate surface area is 111 Å². The third-order valence-corrected chi connectivity index (χ3v) is 4.32. The van der Waals surface area contributed by atoms with Crippen molar-refractivity contribution >= 4 is 5.78 Å². The zero-order valence-corrected chi connectivity index (χ0v) is 11.5. The Balaban J connectivity index is 2.14. The SMILES string of the molecule is CCCCCC(=O)C1(c2ccccc2)CCCC1. The molecule has 0 bridgehead atoms. The molecule has 0 radical (unpaired) electrons. The van der Waals surface area contributed by atoms with Crippen LogP contribution in [0.3, 0.4) is 0 Å². The molecule has 1 aliphatic carbocycles. The maximum Gasteiger partial charge on any atom is 0.143 e. The van der Waals surface area contributed by atoms with Gasteiger partial charge in [-0.2, -0.15) is 0 Å². The first kappa shape index (κ1) is 13.3. The van der Waals surface area contributed by atoms with Gasteiger partial charge < -0.3 is 0 Å². The van der Waals surface area contributed by atoms with Crippen LogP contribution in [0.2, 0.25) is 0 Å². The Morgan fingerprint density at radius 3 is 2.39 bits per heavy atom. The number of Topliss-reactive ketones (excluding diaryl/α,β-unsaturated/α-hetero) is 1. The average Bonchev–Trinajstić information content (AvgIpc) is 2.90. The van der Waals surface area contributed by atoms with Crippen molar-refractivity contribution in [1.29, 1.82) is 0 Å². The summed E-state index contributed by atoms with van der Waals surface area (Å²) in [6.45, 7) is 2.19. The Morgan fingerprint density at radius 2 is 1.78 bits per heavy atom. The summed E-state index contributed by atoms with van der Waals surface area (Å²) in [6, 6.07) is 10.4. The second kappa shape index (κ2) is 6.17. The van der Waals surface area contributed by atoms with Crippen LogP contribution >= 0.6 is 0 Å². The van der Waals surface area contributed by atoms with Crippen LogP contribution < -0.4 is 0 Å². The van der Waals surface area contributed by atoms with Gasteiger partial charge in [0.25, 0.3) is 0 Å². The Bertz CT molecular complexity index is 374. The predicted molar refractivity (Wildman–Crippen MR) is 75.7 cm³/mol. The number of hydrogen-bond acceptors (Lipinski definition) is 1. The fourth-order valence-electron chi connectivity index (χ4n) is 3.24. The molecule has 0 atom stereocenters. The van der Waals surface area contributed by atoms with E-state index in [1.807, 2.05) is 6.07 Å². The molecular weight excluding hydrogens is 220 g/mol. The second-order valence-corrected chi connectivity index (χ2v) is 5.54. The summed E-state index contributed by atoms with van der Waals surface area (Å²) < 4.78 is 0. The average molecular weight is 244 g/mol. The highest BCUT2D eigenvalue weighted by atomic mass is 16.1. The Morgan fingerprint density at radius 1 is 1.11 bits per heavy atom. The molecule has 0 aromatic heterocycles. The smallest absolute Gasteiger partial charge is 0.143 e. The van der Waals surface area contributed by atoms with Gasteiger partial charge in [0.15, 0.2) is 0 Å². The van der Waals surface area contributed by atoms with Crippen molar-refractivity contribution in [3.8, 4) is 0 Å². The first-order valence-corrected chi connectivity index (χ1v) is 7.38. The predicted octanol–water partition coefficient (Wildman–Crippen LogP) is 4.65. The summed E-state index contributed by atoms with van der Waals surface area (Å²) in [5.74, 6) is 0.486. The van der Waals surface area contributed by atoms with Crippen molar-refractivity contribution in [1.82, 2.24) is 0 Å². The molecule has 0 saturated heterocycles. The van der Waals surface area contributed by atoms with E-state index in [0.29, 0.717) is 5.78 Å². The molecule has 1 saturated carbocycles. The molecule has 0 heterocycles. The van der Waals surface area contributed by atoms with E-state index in [2.05, 4.69) is 31.2 Å². The van der Waals surface area contributed by atoms with Crippen LogP contribution in [0.1, 0.15) is 63.9 Å². The number of rotatable bonds is 6. The Hall–Kier alpha value is -1.11. The van der Waals surface area contributed by atoms with Gasteiger partial charge in [0.2, 0.25) is 0 Å². The summed E-state index contributed by atoms with van der Waals surface area (Å²) >= 11 is 0. The maximum atomic E-state index is 12.6. The minimum atomic E-state index is -0.144. The van der Waals surface area contributed by atoms with E-state index >= 15 is 0 Å². The lowest BCUT2D eigenvalue weighted by atomic mass is 9.74. The normalized spacial score (nSPS) is 17.8. The third kappa shape index (κ3) is 2.66. The van der Waals surface area contributed by atoms with Gasteiger partial charge in [0.05, 0.1) is 5.41 Å². The largest absolute Gasteiger partial charge is 0.299 e. The van der Waals surface area contributed by atoms with Crippen LogP contribution in [0.25, 0.3) is 0 Å². The molecule has 98 valence electrons. The van der Waals surface area contributed by atoms with Gasteiger partial charge in [-0.1, -0.05) is 62.9 Å². The van der Waals surface area contributed by atoms with Crippen molar-refractivity contribution in [3.63, 3.8) is 0 Å². The minimum absolute atomic E-state index is 0.144. The quantitative estimate of drug-likeness (QED) is 0.666. The molecule has 1 aromatic rings. The molecule has 1 nitrogen and oxygen atoms in total. The Kier molecular flexibility index (Phi) is 4.57. The van der Waals surface area contributed by atoms with Crippen LogP contribution in [0.15, 0.2) is 30.3 Å². The van der Waals surface area contributed by atoms with E-state index in [1.54, 1.807) is 0 Å². The molecule has 1 aromatic carbocycles. The van der Waals surface area contributed by atoms with Crippen LogP contribution in [-0.2, 0) is 10.2 Å². The molecule has 2 rings (SSSR count). The van der Waals surface area contributed by atoms with Crippen molar-refractivity contribution in [3.05, 3.63) is 35.9 Å². The van der Waals surface area contributed by atoms with Gasteiger partial charge >= 0.3 is 0 Å². The number of ketones is 1. The standard InChI is InChI=1S/C17H24O/c1-2-3-5-12-16(18)17(13-8-9-14-17)15-10-6-4-7-11-15/h4,6-7,10-11H,2-3,5,8-9,12-14H2,1H3. The van der Waals surface area contributed by atoms with Crippen molar-refractivity contribution in [2.24, 2.45) is 0 Å². The minimum Gasteiger partial charge on any atom is -0.299 e. The van der Waals surface area contributed by atoms with E-state index < -0.39 is 0 Å². The molecule has 0 amide bonds. The number of benzene rings is 1. The van der Waals surface area contributed by atoms with Gasteiger partial charge in [-0.3, -0.25) is 4.79 Å². The summed E-state index contributed by atoms with van der Waals surface area (Å²) in [5, 5.41) is 0. The summed E-state index contributed by atoms with van der Waals surface area (Å²) in [7, 11) is 0. The van der Waals surface area contributed by atoms with E-state index in [4.69, 9.17) is 0 Å². The van der Waals surface area contributed by atoms with Gasteiger partial charge in [-0.05, 0) is 24.8 Å². The number of hydrogen-bond donors (Lipinski definition) is 0. The van der Waals surface area contributed by atoms with Gasteiger partial charge in [0.1, 0.15) is 5.78 Å². The van der Waals surface area contributed by atoms with Crippen LogP contribution in [0.4, 0.5) is 0 Å². The molecule has 0 unspecified atom stereocenters. The van der Waals surface area contributed by atoms with E-state index in [9.17, 15) is 4.79 Å². The highest BCUT2D eigenvalue weighted by Crippen LogP contribution is 2.42. The number of carbonyl (C=O) groups excluding carboxylic acids is 1. The highest BCUT2D eigenvalue weighted by Gasteiger charge is 2.41. The van der Waals surface area contributed by atoms with Crippen molar-refractivity contribution in [2.75, 3.05) is 0 Å². The molecule has 0 spiro atoms. The molecular formula is C17H24O. The first-order valence-electron chi connectivity index (χ1n) is 7.38. The van der Waals surface area contributed by atoms with Gasteiger partial charge in [0, 0.05) is 6.42 Å². The van der Waals surface area contributed by atoms with Gasteiger partial charge in [-0.15, -0.1) is 0 Å². The lowest BCUT2D eigenvalue weighted by molar-refractivity contribution is -0.124. The van der Waals surface area contributed by atoms with Crippen molar-refractivity contribution in [2.45, 2.75) is 63.7 Å². The second-order valence-electron chi connectivity index (χ2n) is 5.54. The molecule has 1 heteroatoms. The lowest BCUT2D eigenvalue weighted by Crippen LogP contribution is -2.32. The monoisotopic (exact) mass is 244 g/mol. The molecule has 0 aliphatic heterocycles. The zero-order chi connectivity index (χ0) is 12.8. The zero-order valence-electron chi connectivity index (χ0n) is 11.5. The van der Waals surface area contributed by atoms with E-state index in [0.717, 1.165) is 25.7 Å².